The van der Waals surface area contributed by atoms with Crippen LogP contribution in [0.5, 0.6) is 0 Å². The molecule has 0 aliphatic rings. The Morgan fingerprint density at radius 1 is 1.00 bits per heavy atom. The van der Waals surface area contributed by atoms with E-state index in [0.29, 0.717) is 0 Å². The average molecular weight is 323 g/mol. The SMILES string of the molecule is Cc1ccc(C)c(-c2cccc(N)c2I)c1. The third kappa shape index (κ3) is 2.07. The average Bonchev–Trinajstić information content (AvgIpc) is 2.26. The highest BCUT2D eigenvalue weighted by atomic mass is 127. The van der Waals surface area contributed by atoms with Gasteiger partial charge in [0.1, 0.15) is 0 Å². The highest BCUT2D eigenvalue weighted by Crippen LogP contribution is 2.31. The Balaban J connectivity index is 2.67. The van der Waals surface area contributed by atoms with Crippen LogP contribution in [0.1, 0.15) is 11.1 Å². The number of anilines is 1. The quantitative estimate of drug-likeness (QED) is 0.619. The lowest BCUT2D eigenvalue weighted by Crippen LogP contribution is -1.93. The minimum atomic E-state index is 0.846. The van der Waals surface area contributed by atoms with Crippen LogP contribution in [0.2, 0.25) is 0 Å². The van der Waals surface area contributed by atoms with E-state index in [-0.39, 0.29) is 0 Å². The summed E-state index contributed by atoms with van der Waals surface area (Å²) in [7, 11) is 0. The van der Waals surface area contributed by atoms with Crippen molar-refractivity contribution in [3.05, 3.63) is 51.1 Å². The van der Waals surface area contributed by atoms with Gasteiger partial charge in [-0.05, 0) is 59.2 Å². The summed E-state index contributed by atoms with van der Waals surface area (Å²) in [4.78, 5) is 0. The van der Waals surface area contributed by atoms with Crippen LogP contribution in [0.25, 0.3) is 11.1 Å². The lowest BCUT2D eigenvalue weighted by Gasteiger charge is -2.11. The Bertz CT molecular complexity index is 532. The number of aryl methyl sites for hydroxylation is 2. The zero-order chi connectivity index (χ0) is 11.7. The zero-order valence-electron chi connectivity index (χ0n) is 9.42. The summed E-state index contributed by atoms with van der Waals surface area (Å²) in [6.07, 6.45) is 0. The van der Waals surface area contributed by atoms with Crippen molar-refractivity contribution in [3.8, 4) is 11.1 Å². The minimum absolute atomic E-state index is 0.846. The summed E-state index contributed by atoms with van der Waals surface area (Å²) in [5, 5.41) is 0. The molecule has 0 aliphatic heterocycles. The standard InChI is InChI=1S/C14H14IN/c1-9-6-7-10(2)12(8-9)11-4-3-5-13(16)14(11)15/h3-8H,16H2,1-2H3. The summed E-state index contributed by atoms with van der Waals surface area (Å²) in [5.41, 5.74) is 11.8. The van der Waals surface area contributed by atoms with Gasteiger partial charge in [-0.3, -0.25) is 0 Å². The van der Waals surface area contributed by atoms with E-state index in [2.05, 4.69) is 60.7 Å². The molecule has 0 aliphatic carbocycles. The maximum absolute atomic E-state index is 5.94. The van der Waals surface area contributed by atoms with Gasteiger partial charge in [-0.15, -0.1) is 0 Å². The van der Waals surface area contributed by atoms with E-state index in [0.717, 1.165) is 9.26 Å². The lowest BCUT2D eigenvalue weighted by atomic mass is 9.98. The van der Waals surface area contributed by atoms with Crippen molar-refractivity contribution in [2.24, 2.45) is 0 Å². The van der Waals surface area contributed by atoms with Gasteiger partial charge in [0.25, 0.3) is 0 Å². The Morgan fingerprint density at radius 3 is 2.50 bits per heavy atom. The fourth-order valence-corrected chi connectivity index (χ4v) is 2.43. The first-order valence-corrected chi connectivity index (χ1v) is 6.29. The zero-order valence-corrected chi connectivity index (χ0v) is 11.6. The predicted molar refractivity (Wildman–Crippen MR) is 78.5 cm³/mol. The van der Waals surface area contributed by atoms with E-state index in [4.69, 9.17) is 5.73 Å². The molecule has 0 fully saturated rings. The molecule has 0 amide bonds. The third-order valence-electron chi connectivity index (χ3n) is 2.71. The second-order valence-electron chi connectivity index (χ2n) is 4.03. The molecule has 16 heavy (non-hydrogen) atoms. The van der Waals surface area contributed by atoms with Crippen molar-refractivity contribution in [3.63, 3.8) is 0 Å². The van der Waals surface area contributed by atoms with E-state index in [1.165, 1.54) is 22.3 Å². The van der Waals surface area contributed by atoms with Crippen molar-refractivity contribution < 1.29 is 0 Å². The van der Waals surface area contributed by atoms with E-state index < -0.39 is 0 Å². The molecule has 0 aromatic heterocycles. The maximum atomic E-state index is 5.94. The van der Waals surface area contributed by atoms with Crippen LogP contribution in [-0.2, 0) is 0 Å². The first kappa shape index (κ1) is 11.5. The van der Waals surface area contributed by atoms with Crippen LogP contribution in [0.15, 0.2) is 36.4 Å². The van der Waals surface area contributed by atoms with Gasteiger partial charge < -0.3 is 5.73 Å². The van der Waals surface area contributed by atoms with Gasteiger partial charge in [0.2, 0.25) is 0 Å². The molecule has 2 heteroatoms. The molecule has 2 rings (SSSR count). The van der Waals surface area contributed by atoms with Crippen molar-refractivity contribution in [1.82, 2.24) is 0 Å². The highest BCUT2D eigenvalue weighted by Gasteiger charge is 2.07. The fraction of sp³-hybridized carbons (Fsp3) is 0.143. The van der Waals surface area contributed by atoms with Gasteiger partial charge in [-0.2, -0.15) is 0 Å². The molecule has 0 bridgehead atoms. The molecule has 0 heterocycles. The largest absolute Gasteiger partial charge is 0.398 e. The van der Waals surface area contributed by atoms with Crippen LogP contribution in [0.4, 0.5) is 5.69 Å². The smallest absolute Gasteiger partial charge is 0.0456 e. The summed E-state index contributed by atoms with van der Waals surface area (Å²) in [6.45, 7) is 4.25. The Morgan fingerprint density at radius 2 is 1.75 bits per heavy atom. The number of nitrogen functional groups attached to an aromatic ring is 1. The van der Waals surface area contributed by atoms with E-state index in [1.54, 1.807) is 0 Å². The second-order valence-corrected chi connectivity index (χ2v) is 5.11. The van der Waals surface area contributed by atoms with Crippen molar-refractivity contribution in [2.45, 2.75) is 13.8 Å². The molecule has 0 spiro atoms. The number of nitrogens with two attached hydrogens (primary N) is 1. The number of hydrogen-bond acceptors (Lipinski definition) is 1. The number of benzene rings is 2. The van der Waals surface area contributed by atoms with Gasteiger partial charge in [-0.25, -0.2) is 0 Å². The summed E-state index contributed by atoms with van der Waals surface area (Å²) in [5.74, 6) is 0. The monoisotopic (exact) mass is 323 g/mol. The molecule has 0 atom stereocenters. The maximum Gasteiger partial charge on any atom is 0.0456 e. The molecule has 2 aromatic carbocycles. The minimum Gasteiger partial charge on any atom is -0.398 e. The molecule has 1 nitrogen and oxygen atoms in total. The van der Waals surface area contributed by atoms with Gasteiger partial charge in [-0.1, -0.05) is 35.9 Å². The predicted octanol–water partition coefficient (Wildman–Crippen LogP) is 4.16. The van der Waals surface area contributed by atoms with Crippen molar-refractivity contribution in [2.75, 3.05) is 5.73 Å². The number of rotatable bonds is 1. The van der Waals surface area contributed by atoms with E-state index >= 15 is 0 Å². The Kier molecular flexibility index (Phi) is 3.19. The first-order chi connectivity index (χ1) is 7.59. The van der Waals surface area contributed by atoms with E-state index in [1.807, 2.05) is 12.1 Å². The van der Waals surface area contributed by atoms with Crippen LogP contribution in [0.3, 0.4) is 0 Å². The topological polar surface area (TPSA) is 26.0 Å². The van der Waals surface area contributed by atoms with Crippen LogP contribution in [0, 0.1) is 17.4 Å². The van der Waals surface area contributed by atoms with E-state index in [9.17, 15) is 0 Å². The normalized spacial score (nSPS) is 10.4. The van der Waals surface area contributed by atoms with Gasteiger partial charge in [0.05, 0.1) is 0 Å². The lowest BCUT2D eigenvalue weighted by molar-refractivity contribution is 1.39. The summed E-state index contributed by atoms with van der Waals surface area (Å²) in [6, 6.07) is 12.6. The van der Waals surface area contributed by atoms with Gasteiger partial charge >= 0.3 is 0 Å². The van der Waals surface area contributed by atoms with Gasteiger partial charge in [0, 0.05) is 9.26 Å². The van der Waals surface area contributed by atoms with Crippen LogP contribution in [-0.4, -0.2) is 0 Å². The first-order valence-electron chi connectivity index (χ1n) is 5.21. The molecular formula is C14H14IN. The van der Waals surface area contributed by atoms with Crippen molar-refractivity contribution in [1.29, 1.82) is 0 Å². The summed E-state index contributed by atoms with van der Waals surface area (Å²) >= 11 is 2.31. The summed E-state index contributed by atoms with van der Waals surface area (Å²) < 4.78 is 1.13. The van der Waals surface area contributed by atoms with Crippen LogP contribution >= 0.6 is 22.6 Å². The Hall–Kier alpha value is -1.03. The molecule has 82 valence electrons. The molecule has 0 saturated heterocycles. The second kappa shape index (κ2) is 4.45. The number of halogens is 1. The molecule has 0 unspecified atom stereocenters. The molecule has 0 radical (unpaired) electrons. The fourth-order valence-electron chi connectivity index (χ4n) is 1.78. The molecule has 2 N–H and O–H groups in total. The molecule has 0 saturated carbocycles. The van der Waals surface area contributed by atoms with Crippen LogP contribution < -0.4 is 5.73 Å². The highest BCUT2D eigenvalue weighted by molar-refractivity contribution is 14.1. The molecule has 2 aromatic rings. The Labute approximate surface area is 110 Å². The van der Waals surface area contributed by atoms with Gasteiger partial charge in [0.15, 0.2) is 0 Å². The third-order valence-corrected chi connectivity index (χ3v) is 3.92. The molecular weight excluding hydrogens is 309 g/mol. The van der Waals surface area contributed by atoms with Crippen molar-refractivity contribution >= 4 is 28.3 Å². The number of hydrogen-bond donors (Lipinski definition) is 1.